The zero-order chi connectivity index (χ0) is 14.8. The Balaban J connectivity index is 2.05. The molecule has 0 saturated heterocycles. The molecule has 0 aromatic carbocycles. The summed E-state index contributed by atoms with van der Waals surface area (Å²) in [6.07, 6.45) is 0. The molecule has 20 heavy (non-hydrogen) atoms. The van der Waals surface area contributed by atoms with Gasteiger partial charge in [0.05, 0.1) is 12.3 Å². The lowest BCUT2D eigenvalue weighted by molar-refractivity contribution is 0.101. The molecule has 1 amide bonds. The number of anilines is 1. The normalized spacial score (nSPS) is 11.6. The number of nitrogens with one attached hydrogen (secondary N) is 1. The molecule has 0 fully saturated rings. The number of carbonyl (C=O) groups excluding carboxylic acids is 1. The van der Waals surface area contributed by atoms with Gasteiger partial charge in [-0.05, 0) is 0 Å². The number of aromatic nitrogens is 2. The fourth-order valence-corrected chi connectivity index (χ4v) is 2.21. The summed E-state index contributed by atoms with van der Waals surface area (Å²) < 4.78 is 10.1. The maximum Gasteiger partial charge on any atom is 0.277 e. The van der Waals surface area contributed by atoms with Crippen molar-refractivity contribution in [2.45, 2.75) is 32.8 Å². The minimum atomic E-state index is -0.319. The van der Waals surface area contributed by atoms with E-state index in [4.69, 9.17) is 9.26 Å². The number of thiazole rings is 1. The van der Waals surface area contributed by atoms with Crippen LogP contribution in [0.4, 0.5) is 5.88 Å². The minimum absolute atomic E-state index is 0.126. The highest BCUT2D eigenvalue weighted by atomic mass is 32.1. The van der Waals surface area contributed by atoms with Crippen LogP contribution in [0.5, 0.6) is 0 Å². The van der Waals surface area contributed by atoms with Gasteiger partial charge in [-0.2, -0.15) is 0 Å². The molecule has 2 aromatic rings. The van der Waals surface area contributed by atoms with Crippen molar-refractivity contribution >= 4 is 23.1 Å². The van der Waals surface area contributed by atoms with Crippen molar-refractivity contribution in [2.24, 2.45) is 0 Å². The molecule has 108 valence electrons. The molecule has 6 nitrogen and oxygen atoms in total. The van der Waals surface area contributed by atoms with E-state index in [1.807, 2.05) is 20.8 Å². The average molecular weight is 295 g/mol. The Hall–Kier alpha value is -1.73. The predicted molar refractivity (Wildman–Crippen MR) is 76.0 cm³/mol. The molecule has 0 bridgehead atoms. The predicted octanol–water partition coefficient (Wildman–Crippen LogP) is 2.83. The summed E-state index contributed by atoms with van der Waals surface area (Å²) >= 11 is 1.38. The summed E-state index contributed by atoms with van der Waals surface area (Å²) in [5, 5.41) is 9.02. The van der Waals surface area contributed by atoms with Crippen molar-refractivity contribution < 1.29 is 14.1 Å². The van der Waals surface area contributed by atoms with Gasteiger partial charge in [0.15, 0.2) is 0 Å². The standard InChI is InChI=1S/C13H17N3O3S/c1-13(2,3)9-5-10(19-16-9)15-12(17)8-7-20-11(14-8)6-18-4/h5,7H,6H2,1-4H3,(H,15,17). The van der Waals surface area contributed by atoms with Crippen molar-refractivity contribution in [3.05, 3.63) is 27.8 Å². The number of hydrogen-bond acceptors (Lipinski definition) is 6. The number of amides is 1. The largest absolute Gasteiger partial charge is 0.378 e. The first kappa shape index (κ1) is 14.7. The Morgan fingerprint density at radius 1 is 1.50 bits per heavy atom. The van der Waals surface area contributed by atoms with Crippen LogP contribution in [0.1, 0.15) is 42.0 Å². The molecule has 0 atom stereocenters. The van der Waals surface area contributed by atoms with E-state index in [0.717, 1.165) is 10.7 Å². The maximum absolute atomic E-state index is 12.0. The molecule has 2 heterocycles. The lowest BCUT2D eigenvalue weighted by atomic mass is 9.92. The molecule has 0 spiro atoms. The molecule has 0 aliphatic heterocycles. The highest BCUT2D eigenvalue weighted by Gasteiger charge is 2.20. The van der Waals surface area contributed by atoms with Gasteiger partial charge in [0, 0.05) is 24.0 Å². The van der Waals surface area contributed by atoms with Crippen molar-refractivity contribution in [3.63, 3.8) is 0 Å². The van der Waals surface area contributed by atoms with Gasteiger partial charge in [0.25, 0.3) is 5.91 Å². The number of ether oxygens (including phenoxy) is 1. The van der Waals surface area contributed by atoms with E-state index in [9.17, 15) is 4.79 Å². The highest BCUT2D eigenvalue weighted by molar-refractivity contribution is 7.09. The van der Waals surface area contributed by atoms with Gasteiger partial charge >= 0.3 is 0 Å². The van der Waals surface area contributed by atoms with Crippen molar-refractivity contribution in [1.82, 2.24) is 10.1 Å². The molecular weight excluding hydrogens is 278 g/mol. The Morgan fingerprint density at radius 2 is 2.25 bits per heavy atom. The molecular formula is C13H17N3O3S. The zero-order valence-electron chi connectivity index (χ0n) is 11.9. The van der Waals surface area contributed by atoms with Gasteiger partial charge < -0.3 is 9.26 Å². The first-order valence-corrected chi connectivity index (χ1v) is 7.00. The van der Waals surface area contributed by atoms with Gasteiger partial charge in [-0.3, -0.25) is 10.1 Å². The Morgan fingerprint density at radius 3 is 2.85 bits per heavy atom. The third-order valence-electron chi connectivity index (χ3n) is 2.57. The molecule has 2 aromatic heterocycles. The molecule has 0 unspecified atom stereocenters. The Bertz CT molecular complexity index is 598. The number of methoxy groups -OCH3 is 1. The second-order valence-electron chi connectivity index (χ2n) is 5.34. The van der Waals surface area contributed by atoms with Crippen LogP contribution in [0.15, 0.2) is 16.0 Å². The van der Waals surface area contributed by atoms with Crippen LogP contribution in [0, 0.1) is 0 Å². The topological polar surface area (TPSA) is 77.2 Å². The summed E-state index contributed by atoms with van der Waals surface area (Å²) in [5.41, 5.74) is 1.00. The Labute approximate surface area is 121 Å². The van der Waals surface area contributed by atoms with E-state index in [-0.39, 0.29) is 11.3 Å². The van der Waals surface area contributed by atoms with Crippen molar-refractivity contribution in [2.75, 3.05) is 12.4 Å². The van der Waals surface area contributed by atoms with Crippen LogP contribution >= 0.6 is 11.3 Å². The summed E-state index contributed by atoms with van der Waals surface area (Å²) in [7, 11) is 1.59. The quantitative estimate of drug-likeness (QED) is 0.938. The molecule has 1 N–H and O–H groups in total. The number of rotatable bonds is 4. The van der Waals surface area contributed by atoms with E-state index in [2.05, 4.69) is 15.5 Å². The van der Waals surface area contributed by atoms with Gasteiger partial charge in [0.2, 0.25) is 5.88 Å². The Kier molecular flexibility index (Phi) is 4.20. The van der Waals surface area contributed by atoms with E-state index < -0.39 is 0 Å². The van der Waals surface area contributed by atoms with Crippen LogP contribution in [0.2, 0.25) is 0 Å². The van der Waals surface area contributed by atoms with E-state index in [1.165, 1.54) is 11.3 Å². The third-order valence-corrected chi connectivity index (χ3v) is 3.39. The summed E-state index contributed by atoms with van der Waals surface area (Å²) in [5.74, 6) is 0.00132. The summed E-state index contributed by atoms with van der Waals surface area (Å²) in [6, 6.07) is 1.72. The lowest BCUT2D eigenvalue weighted by Crippen LogP contribution is -2.13. The minimum Gasteiger partial charge on any atom is -0.378 e. The van der Waals surface area contributed by atoms with E-state index >= 15 is 0 Å². The molecule has 0 aliphatic carbocycles. The van der Waals surface area contributed by atoms with Crippen LogP contribution in [0.25, 0.3) is 0 Å². The second-order valence-corrected chi connectivity index (χ2v) is 6.28. The fraction of sp³-hybridized carbons (Fsp3) is 0.462. The molecule has 7 heteroatoms. The molecule has 0 saturated carbocycles. The van der Waals surface area contributed by atoms with E-state index in [1.54, 1.807) is 18.6 Å². The SMILES string of the molecule is COCc1nc(C(=O)Nc2cc(C(C)(C)C)no2)cs1. The number of hydrogen-bond donors (Lipinski definition) is 1. The van der Waals surface area contributed by atoms with Gasteiger partial charge in [0.1, 0.15) is 10.7 Å². The summed E-state index contributed by atoms with van der Waals surface area (Å²) in [6.45, 7) is 6.46. The van der Waals surface area contributed by atoms with Gasteiger partial charge in [-0.25, -0.2) is 4.98 Å². The van der Waals surface area contributed by atoms with Crippen molar-refractivity contribution in [1.29, 1.82) is 0 Å². The zero-order valence-corrected chi connectivity index (χ0v) is 12.7. The first-order valence-electron chi connectivity index (χ1n) is 6.12. The highest BCUT2D eigenvalue weighted by Crippen LogP contribution is 2.24. The van der Waals surface area contributed by atoms with Crippen LogP contribution in [-0.2, 0) is 16.8 Å². The van der Waals surface area contributed by atoms with E-state index in [0.29, 0.717) is 18.2 Å². The van der Waals surface area contributed by atoms with Crippen LogP contribution < -0.4 is 5.32 Å². The third kappa shape index (κ3) is 3.43. The molecule has 2 rings (SSSR count). The monoisotopic (exact) mass is 295 g/mol. The maximum atomic E-state index is 12.0. The summed E-state index contributed by atoms with van der Waals surface area (Å²) in [4.78, 5) is 16.2. The molecule has 0 aliphatic rings. The second kappa shape index (κ2) is 5.72. The smallest absolute Gasteiger partial charge is 0.277 e. The first-order chi connectivity index (χ1) is 9.40. The van der Waals surface area contributed by atoms with Crippen molar-refractivity contribution in [3.8, 4) is 0 Å². The van der Waals surface area contributed by atoms with Gasteiger partial charge in [-0.15, -0.1) is 11.3 Å². The van der Waals surface area contributed by atoms with Gasteiger partial charge in [-0.1, -0.05) is 25.9 Å². The number of nitrogens with zero attached hydrogens (tertiary/aromatic N) is 2. The van der Waals surface area contributed by atoms with Crippen LogP contribution in [0.3, 0.4) is 0 Å². The number of carbonyl (C=O) groups is 1. The lowest BCUT2D eigenvalue weighted by Gasteiger charge is -2.12. The van der Waals surface area contributed by atoms with Crippen LogP contribution in [-0.4, -0.2) is 23.2 Å². The molecule has 0 radical (unpaired) electrons. The average Bonchev–Trinajstić information content (AvgIpc) is 2.97. The fourth-order valence-electron chi connectivity index (χ4n) is 1.47.